The van der Waals surface area contributed by atoms with Crippen molar-refractivity contribution in [2.45, 2.75) is 33.1 Å². The molecule has 1 aliphatic heterocycles. The number of pyridine rings is 1. The smallest absolute Gasteiger partial charge is 0.328 e. The third-order valence-corrected chi connectivity index (χ3v) is 4.41. The van der Waals surface area contributed by atoms with Crippen LogP contribution in [0, 0.1) is 5.92 Å². The lowest BCUT2D eigenvalue weighted by molar-refractivity contribution is -0.134. The monoisotopic (exact) mass is 393 g/mol. The Labute approximate surface area is 166 Å². The first-order chi connectivity index (χ1) is 13.5. The lowest BCUT2D eigenvalue weighted by Gasteiger charge is -2.22. The number of carboxylic acids is 2. The molecule has 8 nitrogen and oxygen atoms in total. The Balaban J connectivity index is 0.000000416. The number of hydrogen-bond donors (Lipinski definition) is 3. The maximum atomic E-state index is 9.55. The molecule has 0 aliphatic carbocycles. The zero-order valence-corrected chi connectivity index (χ0v) is 16.6. The van der Waals surface area contributed by atoms with Gasteiger partial charge in [-0.3, -0.25) is 4.98 Å². The minimum Gasteiger partial charge on any atom is -0.492 e. The molecule has 0 aromatic carbocycles. The maximum absolute atomic E-state index is 9.55. The fraction of sp³-hybridized carbons (Fsp3) is 0.550. The number of rotatable bonds is 8. The number of nitrogens with one attached hydrogen (secondary N) is 1. The Kier molecular flexibility index (Phi) is 11.3. The quantitative estimate of drug-likeness (QED) is 0.577. The van der Waals surface area contributed by atoms with E-state index >= 15 is 0 Å². The molecule has 0 spiro atoms. The zero-order valence-electron chi connectivity index (χ0n) is 16.6. The van der Waals surface area contributed by atoms with Gasteiger partial charge in [0, 0.05) is 37.9 Å². The molecular formula is C20H31N3O5. The van der Waals surface area contributed by atoms with E-state index in [1.807, 2.05) is 12.4 Å². The minimum atomic E-state index is -1.26. The number of aliphatic carboxylic acids is 2. The van der Waals surface area contributed by atoms with Gasteiger partial charge in [-0.15, -0.1) is 0 Å². The van der Waals surface area contributed by atoms with Crippen molar-refractivity contribution in [2.24, 2.45) is 5.92 Å². The van der Waals surface area contributed by atoms with Crippen LogP contribution < -0.4 is 15.0 Å². The first-order valence-electron chi connectivity index (χ1n) is 9.63. The molecule has 1 aliphatic rings. The summed E-state index contributed by atoms with van der Waals surface area (Å²) < 4.78 is 5.91. The Morgan fingerprint density at radius 1 is 1.18 bits per heavy atom. The van der Waals surface area contributed by atoms with Crippen LogP contribution >= 0.6 is 0 Å². The van der Waals surface area contributed by atoms with Crippen molar-refractivity contribution in [3.05, 3.63) is 30.6 Å². The fourth-order valence-corrected chi connectivity index (χ4v) is 2.64. The maximum Gasteiger partial charge on any atom is 0.328 e. The molecule has 0 atom stereocenters. The fourth-order valence-electron chi connectivity index (χ4n) is 2.64. The van der Waals surface area contributed by atoms with E-state index in [4.69, 9.17) is 14.9 Å². The van der Waals surface area contributed by atoms with Crippen LogP contribution in [0.4, 0.5) is 5.69 Å². The van der Waals surface area contributed by atoms with Crippen LogP contribution in [0.25, 0.3) is 0 Å². The average molecular weight is 393 g/mol. The minimum absolute atomic E-state index is 0.558. The van der Waals surface area contributed by atoms with Gasteiger partial charge < -0.3 is 25.2 Å². The molecular weight excluding hydrogens is 362 g/mol. The summed E-state index contributed by atoms with van der Waals surface area (Å²) in [6, 6.07) is 2.13. The highest BCUT2D eigenvalue weighted by atomic mass is 16.5. The summed E-state index contributed by atoms with van der Waals surface area (Å²) in [5.41, 5.74) is 1.18. The standard InChI is InChI=1S/C16H27N3O.C4H4O4/c1-3-14(4-2)13-20-16-10-15(11-18-12-16)19-8-5-6-17-7-9-19;5-3(6)1-2-4(7)8/h10-12,14,17H,3-9,13H2,1-2H3;1-2H,(H,5,6)(H,7,8)/b;2-1+. The first kappa shape index (κ1) is 23.4. The molecule has 3 N–H and O–H groups in total. The zero-order chi connectivity index (χ0) is 20.8. The van der Waals surface area contributed by atoms with E-state index < -0.39 is 11.9 Å². The van der Waals surface area contributed by atoms with Gasteiger partial charge in [0.15, 0.2) is 0 Å². The van der Waals surface area contributed by atoms with Gasteiger partial charge in [-0.25, -0.2) is 9.59 Å². The van der Waals surface area contributed by atoms with Crippen molar-refractivity contribution in [2.75, 3.05) is 37.7 Å². The number of nitrogens with zero attached hydrogens (tertiary/aromatic N) is 2. The molecule has 0 amide bonds. The van der Waals surface area contributed by atoms with Gasteiger partial charge >= 0.3 is 11.9 Å². The first-order valence-corrected chi connectivity index (χ1v) is 9.63. The van der Waals surface area contributed by atoms with Crippen LogP contribution in [0.15, 0.2) is 30.6 Å². The molecule has 0 saturated carbocycles. The van der Waals surface area contributed by atoms with Crippen molar-refractivity contribution in [1.29, 1.82) is 0 Å². The van der Waals surface area contributed by atoms with E-state index in [0.717, 1.165) is 38.5 Å². The highest BCUT2D eigenvalue weighted by Gasteiger charge is 2.11. The molecule has 2 rings (SSSR count). The number of carbonyl (C=O) groups is 2. The second-order valence-electron chi connectivity index (χ2n) is 6.47. The molecule has 1 aromatic heterocycles. The molecule has 0 radical (unpaired) electrons. The second-order valence-corrected chi connectivity index (χ2v) is 6.47. The van der Waals surface area contributed by atoms with E-state index in [-0.39, 0.29) is 0 Å². The number of anilines is 1. The molecule has 1 aromatic rings. The number of carboxylic acid groups (broad SMARTS) is 2. The molecule has 2 heterocycles. The predicted octanol–water partition coefficient (Wildman–Crippen LogP) is 2.41. The van der Waals surface area contributed by atoms with Crippen LogP contribution in [0.1, 0.15) is 33.1 Å². The highest BCUT2D eigenvalue weighted by Crippen LogP contribution is 2.21. The highest BCUT2D eigenvalue weighted by molar-refractivity contribution is 5.89. The third kappa shape index (κ3) is 9.91. The van der Waals surface area contributed by atoms with Gasteiger partial charge in [0.2, 0.25) is 0 Å². The molecule has 0 unspecified atom stereocenters. The summed E-state index contributed by atoms with van der Waals surface area (Å²) in [4.78, 5) is 25.8. The Hall–Kier alpha value is -2.61. The summed E-state index contributed by atoms with van der Waals surface area (Å²) in [6.07, 6.45) is 8.39. The van der Waals surface area contributed by atoms with Gasteiger partial charge in [0.25, 0.3) is 0 Å². The van der Waals surface area contributed by atoms with Crippen molar-refractivity contribution in [1.82, 2.24) is 10.3 Å². The van der Waals surface area contributed by atoms with Crippen LogP contribution in [0.3, 0.4) is 0 Å². The van der Waals surface area contributed by atoms with Crippen LogP contribution in [0.5, 0.6) is 5.75 Å². The Morgan fingerprint density at radius 2 is 1.86 bits per heavy atom. The van der Waals surface area contributed by atoms with Crippen LogP contribution in [-0.2, 0) is 9.59 Å². The van der Waals surface area contributed by atoms with Gasteiger partial charge in [-0.2, -0.15) is 0 Å². The summed E-state index contributed by atoms with van der Waals surface area (Å²) in [6.45, 7) is 9.50. The largest absolute Gasteiger partial charge is 0.492 e. The molecule has 156 valence electrons. The second kappa shape index (κ2) is 13.5. The van der Waals surface area contributed by atoms with Crippen molar-refractivity contribution >= 4 is 17.6 Å². The van der Waals surface area contributed by atoms with Crippen molar-refractivity contribution in [3.63, 3.8) is 0 Å². The molecule has 8 heteroatoms. The summed E-state index contributed by atoms with van der Waals surface area (Å²) in [5.74, 6) is -0.979. The lowest BCUT2D eigenvalue weighted by Crippen LogP contribution is -2.27. The van der Waals surface area contributed by atoms with E-state index in [2.05, 4.69) is 35.1 Å². The molecule has 0 bridgehead atoms. The Morgan fingerprint density at radius 3 is 2.46 bits per heavy atom. The van der Waals surface area contributed by atoms with Crippen LogP contribution in [-0.4, -0.2) is 59.9 Å². The van der Waals surface area contributed by atoms with Crippen molar-refractivity contribution < 1.29 is 24.5 Å². The van der Waals surface area contributed by atoms with E-state index in [9.17, 15) is 9.59 Å². The van der Waals surface area contributed by atoms with E-state index in [0.29, 0.717) is 18.1 Å². The van der Waals surface area contributed by atoms with Crippen LogP contribution in [0.2, 0.25) is 0 Å². The number of ether oxygens (including phenoxy) is 1. The summed E-state index contributed by atoms with van der Waals surface area (Å²) >= 11 is 0. The predicted molar refractivity (Wildman–Crippen MR) is 108 cm³/mol. The summed E-state index contributed by atoms with van der Waals surface area (Å²) in [5, 5.41) is 19.0. The van der Waals surface area contributed by atoms with Gasteiger partial charge in [-0.05, 0) is 18.9 Å². The number of aromatic nitrogens is 1. The van der Waals surface area contributed by atoms with Crippen molar-refractivity contribution in [3.8, 4) is 5.75 Å². The van der Waals surface area contributed by atoms with E-state index in [1.54, 1.807) is 0 Å². The number of hydrogen-bond acceptors (Lipinski definition) is 6. The van der Waals surface area contributed by atoms with E-state index in [1.165, 1.54) is 24.9 Å². The molecule has 28 heavy (non-hydrogen) atoms. The average Bonchev–Trinajstić information content (AvgIpc) is 2.97. The molecule has 1 fully saturated rings. The lowest BCUT2D eigenvalue weighted by atomic mass is 10.1. The van der Waals surface area contributed by atoms with Gasteiger partial charge in [0.1, 0.15) is 5.75 Å². The van der Waals surface area contributed by atoms with Gasteiger partial charge in [0.05, 0.1) is 24.7 Å². The third-order valence-electron chi connectivity index (χ3n) is 4.41. The van der Waals surface area contributed by atoms with Gasteiger partial charge in [-0.1, -0.05) is 26.7 Å². The topological polar surface area (TPSA) is 112 Å². The SMILES string of the molecule is CCC(CC)COc1cncc(N2CCCNCC2)c1.O=C(O)/C=C/C(=O)O. The normalized spacial score (nSPS) is 14.3. The molecule has 1 saturated heterocycles. The Bertz CT molecular complexity index is 608. The summed E-state index contributed by atoms with van der Waals surface area (Å²) in [7, 11) is 0.